The predicted octanol–water partition coefficient (Wildman–Crippen LogP) is 5.12. The van der Waals surface area contributed by atoms with Crippen LogP contribution in [0.25, 0.3) is 0 Å². The van der Waals surface area contributed by atoms with Gasteiger partial charge in [-0.1, -0.05) is 45.4 Å². The van der Waals surface area contributed by atoms with Gasteiger partial charge in [-0.05, 0) is 0 Å². The van der Waals surface area contributed by atoms with Crippen LogP contribution in [0.2, 0.25) is 11.1 Å². The van der Waals surface area contributed by atoms with E-state index < -0.39 is 6.04 Å². The van der Waals surface area contributed by atoms with Crippen molar-refractivity contribution in [3.8, 4) is 0 Å². The fourth-order valence-electron chi connectivity index (χ4n) is 2.59. The van der Waals surface area contributed by atoms with Crippen molar-refractivity contribution in [2.45, 2.75) is 108 Å². The van der Waals surface area contributed by atoms with Crippen molar-refractivity contribution in [2.24, 2.45) is 5.73 Å². The van der Waals surface area contributed by atoms with Gasteiger partial charge < -0.3 is 0 Å². The van der Waals surface area contributed by atoms with Crippen molar-refractivity contribution in [2.75, 3.05) is 6.61 Å². The van der Waals surface area contributed by atoms with Crippen molar-refractivity contribution < 1.29 is 9.53 Å². The number of ether oxygens (including phenoxy) is 1. The van der Waals surface area contributed by atoms with E-state index in [1.54, 1.807) is 0 Å². The van der Waals surface area contributed by atoms with Crippen molar-refractivity contribution >= 4 is 20.9 Å². The van der Waals surface area contributed by atoms with Crippen LogP contribution in [-0.4, -0.2) is 33.6 Å². The molecule has 0 spiro atoms. The van der Waals surface area contributed by atoms with Crippen LogP contribution in [0, 0.1) is 0 Å². The summed E-state index contributed by atoms with van der Waals surface area (Å²) in [5.74, 6) is 1.95. The number of esters is 1. The maximum absolute atomic E-state index is 11.6. The SMILES string of the molecule is CCCCCCCCCCCCCCOC(=O)C(N)CC[Se]C. The summed E-state index contributed by atoms with van der Waals surface area (Å²) >= 11 is 0.591. The molecular formula is C19H39NO2Se. The molecule has 0 aromatic heterocycles. The molecule has 0 saturated carbocycles. The van der Waals surface area contributed by atoms with E-state index in [0.29, 0.717) is 21.6 Å². The van der Waals surface area contributed by atoms with Crippen LogP contribution in [-0.2, 0) is 9.53 Å². The van der Waals surface area contributed by atoms with E-state index in [1.807, 2.05) is 0 Å². The van der Waals surface area contributed by atoms with Crippen LogP contribution in [0.4, 0.5) is 0 Å². The third-order valence-corrected chi connectivity index (χ3v) is 5.53. The van der Waals surface area contributed by atoms with Crippen molar-refractivity contribution in [3.63, 3.8) is 0 Å². The van der Waals surface area contributed by atoms with E-state index in [1.165, 1.54) is 64.2 Å². The third-order valence-electron chi connectivity index (χ3n) is 4.18. The molecule has 0 amide bonds. The topological polar surface area (TPSA) is 52.3 Å². The maximum atomic E-state index is 11.6. The fraction of sp³-hybridized carbons (Fsp3) is 0.947. The molecule has 0 rings (SSSR count). The molecule has 1 atom stereocenters. The van der Waals surface area contributed by atoms with Gasteiger partial charge in [0.25, 0.3) is 0 Å². The molecule has 0 aromatic carbocycles. The van der Waals surface area contributed by atoms with Crippen molar-refractivity contribution in [3.05, 3.63) is 0 Å². The van der Waals surface area contributed by atoms with E-state index in [2.05, 4.69) is 12.7 Å². The number of hydrogen-bond donors (Lipinski definition) is 1. The van der Waals surface area contributed by atoms with Gasteiger partial charge in [0.1, 0.15) is 0 Å². The summed E-state index contributed by atoms with van der Waals surface area (Å²) in [4.78, 5) is 11.6. The molecule has 0 heterocycles. The fourth-order valence-corrected chi connectivity index (χ4v) is 3.61. The number of unbranched alkanes of at least 4 members (excludes halogenated alkanes) is 11. The van der Waals surface area contributed by atoms with Gasteiger partial charge >= 0.3 is 105 Å². The van der Waals surface area contributed by atoms with Crippen LogP contribution in [0.15, 0.2) is 0 Å². The molecular weight excluding hydrogens is 353 g/mol. The molecule has 0 aliphatic carbocycles. The van der Waals surface area contributed by atoms with Gasteiger partial charge in [-0.15, -0.1) is 0 Å². The number of carbonyl (C=O) groups excluding carboxylic acids is 1. The van der Waals surface area contributed by atoms with Gasteiger partial charge in [0.15, 0.2) is 0 Å². The van der Waals surface area contributed by atoms with Crippen LogP contribution < -0.4 is 5.73 Å². The monoisotopic (exact) mass is 393 g/mol. The second-order valence-electron chi connectivity index (χ2n) is 6.44. The molecule has 3 nitrogen and oxygen atoms in total. The minimum atomic E-state index is -0.408. The number of nitrogens with two attached hydrogens (primary N) is 1. The molecule has 0 bridgehead atoms. The molecule has 1 unspecified atom stereocenters. The van der Waals surface area contributed by atoms with Gasteiger partial charge in [0.2, 0.25) is 0 Å². The first-order valence-electron chi connectivity index (χ1n) is 9.63. The molecule has 23 heavy (non-hydrogen) atoms. The van der Waals surface area contributed by atoms with E-state index in [-0.39, 0.29) is 5.97 Å². The van der Waals surface area contributed by atoms with Gasteiger partial charge in [-0.3, -0.25) is 0 Å². The van der Waals surface area contributed by atoms with Gasteiger partial charge in [0.05, 0.1) is 0 Å². The minimum absolute atomic E-state index is 0.211. The van der Waals surface area contributed by atoms with E-state index in [0.717, 1.165) is 24.6 Å². The second kappa shape index (κ2) is 18.3. The first-order valence-corrected chi connectivity index (χ1v) is 12.6. The molecule has 0 aromatic rings. The summed E-state index contributed by atoms with van der Waals surface area (Å²) in [6.45, 7) is 2.81. The standard InChI is InChI=1S/C19H39NO2Se/c1-3-4-5-6-7-8-9-10-11-12-13-14-16-22-19(21)18(20)15-17-23-2/h18H,3-17,20H2,1-2H3. The quantitative estimate of drug-likeness (QED) is 0.212. The average Bonchev–Trinajstić information content (AvgIpc) is 2.56. The summed E-state index contributed by atoms with van der Waals surface area (Å²) in [5.41, 5.74) is 5.79. The van der Waals surface area contributed by atoms with Gasteiger partial charge in [-0.2, -0.15) is 0 Å². The number of rotatable bonds is 17. The molecule has 2 N–H and O–H groups in total. The first kappa shape index (κ1) is 22.9. The number of hydrogen-bond acceptors (Lipinski definition) is 3. The van der Waals surface area contributed by atoms with Crippen molar-refractivity contribution in [1.82, 2.24) is 0 Å². The van der Waals surface area contributed by atoms with Gasteiger partial charge in [-0.25, -0.2) is 0 Å². The van der Waals surface area contributed by atoms with Crippen LogP contribution in [0.1, 0.15) is 90.4 Å². The van der Waals surface area contributed by atoms with Crippen molar-refractivity contribution in [1.29, 1.82) is 0 Å². The summed E-state index contributed by atoms with van der Waals surface area (Å²) in [7, 11) is 0. The van der Waals surface area contributed by atoms with E-state index in [4.69, 9.17) is 10.5 Å². The first-order chi connectivity index (χ1) is 11.2. The summed E-state index contributed by atoms with van der Waals surface area (Å²) in [6, 6.07) is -0.408. The van der Waals surface area contributed by atoms with Crippen LogP contribution >= 0.6 is 0 Å². The molecule has 0 saturated heterocycles. The Hall–Kier alpha value is -0.0505. The Balaban J connectivity index is 3.19. The Morgan fingerprint density at radius 1 is 0.913 bits per heavy atom. The molecule has 4 heteroatoms. The average molecular weight is 392 g/mol. The third kappa shape index (κ3) is 16.6. The van der Waals surface area contributed by atoms with Crippen LogP contribution in [0.5, 0.6) is 0 Å². The molecule has 0 radical (unpaired) electrons. The summed E-state index contributed by atoms with van der Waals surface area (Å²) < 4.78 is 5.24. The van der Waals surface area contributed by atoms with E-state index >= 15 is 0 Å². The summed E-state index contributed by atoms with van der Waals surface area (Å²) in [5, 5.41) is 1.06. The van der Waals surface area contributed by atoms with Crippen LogP contribution in [0.3, 0.4) is 0 Å². The Morgan fingerprint density at radius 3 is 1.87 bits per heavy atom. The zero-order valence-electron chi connectivity index (χ0n) is 15.5. The predicted molar refractivity (Wildman–Crippen MR) is 101 cm³/mol. The Morgan fingerprint density at radius 2 is 1.39 bits per heavy atom. The Kier molecular flexibility index (Phi) is 18.3. The second-order valence-corrected chi connectivity index (χ2v) is 8.51. The molecule has 0 aliphatic heterocycles. The zero-order chi connectivity index (χ0) is 17.2. The Bertz CT molecular complexity index is 262. The normalized spacial score (nSPS) is 12.3. The Labute approximate surface area is 150 Å². The van der Waals surface area contributed by atoms with Gasteiger partial charge in [0, 0.05) is 0 Å². The number of carbonyl (C=O) groups is 1. The van der Waals surface area contributed by atoms with E-state index in [9.17, 15) is 4.79 Å². The molecule has 0 fully saturated rings. The molecule has 138 valence electrons. The summed E-state index contributed by atoms with van der Waals surface area (Å²) in [6.07, 6.45) is 16.6. The molecule has 0 aliphatic rings. The zero-order valence-corrected chi connectivity index (χ0v) is 17.2.